The Labute approximate surface area is 111 Å². The van der Waals surface area contributed by atoms with E-state index >= 15 is 0 Å². The number of anilines is 1. The first-order valence-electron chi connectivity index (χ1n) is 5.82. The summed E-state index contributed by atoms with van der Waals surface area (Å²) in [4.78, 5) is 15.9. The lowest BCUT2D eigenvalue weighted by Gasteiger charge is -2.30. The van der Waals surface area contributed by atoms with E-state index in [0.29, 0.717) is 18.5 Å². The number of rotatable bonds is 5. The van der Waals surface area contributed by atoms with Gasteiger partial charge in [-0.1, -0.05) is 25.4 Å². The number of hydrogen-bond acceptors (Lipinski definition) is 4. The second-order valence-corrected chi connectivity index (χ2v) is 4.56. The van der Waals surface area contributed by atoms with Crippen LogP contribution in [-0.4, -0.2) is 28.1 Å². The first-order chi connectivity index (χ1) is 8.48. The average Bonchev–Trinajstić information content (AvgIpc) is 2.38. The smallest absolute Gasteiger partial charge is 0.254 e. The Bertz CT molecular complexity index is 425. The quantitative estimate of drug-likeness (QED) is 0.710. The Hall–Kier alpha value is -1.33. The van der Waals surface area contributed by atoms with Crippen LogP contribution in [0.3, 0.4) is 0 Å². The van der Waals surface area contributed by atoms with Crippen molar-refractivity contribution in [2.45, 2.75) is 32.2 Å². The van der Waals surface area contributed by atoms with E-state index in [1.54, 1.807) is 0 Å². The zero-order chi connectivity index (χ0) is 13.8. The van der Waals surface area contributed by atoms with Crippen LogP contribution in [0.5, 0.6) is 0 Å². The minimum absolute atomic E-state index is 0.0979. The van der Waals surface area contributed by atoms with Gasteiger partial charge in [-0.3, -0.25) is 4.79 Å². The molecule has 0 saturated carbocycles. The summed E-state index contributed by atoms with van der Waals surface area (Å²) in [5.41, 5.74) is 5.53. The third-order valence-electron chi connectivity index (χ3n) is 3.14. The summed E-state index contributed by atoms with van der Waals surface area (Å²) < 4.78 is 0. The lowest BCUT2D eigenvalue weighted by atomic mass is 9.93. The highest BCUT2D eigenvalue weighted by atomic mass is 35.5. The van der Waals surface area contributed by atoms with Gasteiger partial charge in [0.25, 0.3) is 5.91 Å². The topological polar surface area (TPSA) is 88.2 Å². The molecule has 0 unspecified atom stereocenters. The van der Waals surface area contributed by atoms with Crippen molar-refractivity contribution in [3.8, 4) is 0 Å². The molecule has 0 aliphatic carbocycles. The average molecular weight is 272 g/mol. The number of amides is 1. The molecule has 5 nitrogen and oxygen atoms in total. The fourth-order valence-corrected chi connectivity index (χ4v) is 1.81. The van der Waals surface area contributed by atoms with Crippen molar-refractivity contribution in [3.63, 3.8) is 0 Å². The standard InChI is InChI=1S/C12H18ClN3O2/c1-3-12(4-2,7-17)16-11(18)9-5-8(14)6-15-10(9)13/h5-6,17H,3-4,7,14H2,1-2H3,(H,16,18). The molecule has 0 bridgehead atoms. The molecule has 1 aromatic rings. The Morgan fingerprint density at radius 1 is 1.56 bits per heavy atom. The van der Waals surface area contributed by atoms with Crippen molar-refractivity contribution < 1.29 is 9.90 Å². The Balaban J connectivity index is 2.97. The largest absolute Gasteiger partial charge is 0.397 e. The molecule has 0 aromatic carbocycles. The second-order valence-electron chi connectivity index (χ2n) is 4.21. The molecule has 0 fully saturated rings. The first kappa shape index (κ1) is 14.7. The molecular formula is C12H18ClN3O2. The molecular weight excluding hydrogens is 254 g/mol. The predicted molar refractivity (Wildman–Crippen MR) is 71.5 cm³/mol. The van der Waals surface area contributed by atoms with Crippen LogP contribution in [0.25, 0.3) is 0 Å². The fourth-order valence-electron chi connectivity index (χ4n) is 1.62. The second kappa shape index (κ2) is 6.02. The van der Waals surface area contributed by atoms with E-state index in [-0.39, 0.29) is 23.2 Å². The number of aliphatic hydroxyl groups is 1. The van der Waals surface area contributed by atoms with Crippen LogP contribution in [0.1, 0.15) is 37.0 Å². The van der Waals surface area contributed by atoms with Crippen LogP contribution in [0.2, 0.25) is 5.15 Å². The van der Waals surface area contributed by atoms with Crippen molar-refractivity contribution in [3.05, 3.63) is 23.0 Å². The molecule has 1 heterocycles. The minimum atomic E-state index is -0.634. The predicted octanol–water partition coefficient (Wildman–Crippen LogP) is 1.60. The maximum atomic E-state index is 12.1. The summed E-state index contributed by atoms with van der Waals surface area (Å²) in [6, 6.07) is 1.47. The maximum absolute atomic E-state index is 12.1. The number of nitrogens with one attached hydrogen (secondary N) is 1. The molecule has 18 heavy (non-hydrogen) atoms. The van der Waals surface area contributed by atoms with Gasteiger partial charge >= 0.3 is 0 Å². The lowest BCUT2D eigenvalue weighted by Crippen LogP contribution is -2.50. The van der Waals surface area contributed by atoms with Crippen LogP contribution in [-0.2, 0) is 0 Å². The zero-order valence-corrected chi connectivity index (χ0v) is 11.3. The number of nitrogens with zero attached hydrogens (tertiary/aromatic N) is 1. The van der Waals surface area contributed by atoms with Gasteiger partial charge in [0.2, 0.25) is 0 Å². The fraction of sp³-hybridized carbons (Fsp3) is 0.500. The van der Waals surface area contributed by atoms with Crippen LogP contribution in [0.4, 0.5) is 5.69 Å². The number of nitrogen functional groups attached to an aromatic ring is 1. The third-order valence-corrected chi connectivity index (χ3v) is 3.44. The van der Waals surface area contributed by atoms with Crippen molar-refractivity contribution in [2.75, 3.05) is 12.3 Å². The number of nitrogens with two attached hydrogens (primary N) is 1. The van der Waals surface area contributed by atoms with Crippen molar-refractivity contribution in [1.82, 2.24) is 10.3 Å². The summed E-state index contributed by atoms with van der Waals surface area (Å²) in [7, 11) is 0. The van der Waals surface area contributed by atoms with Gasteiger partial charge in [0, 0.05) is 0 Å². The van der Waals surface area contributed by atoms with E-state index < -0.39 is 5.54 Å². The molecule has 1 rings (SSSR count). The third kappa shape index (κ3) is 3.11. The number of carbonyl (C=O) groups excluding carboxylic acids is 1. The molecule has 100 valence electrons. The number of aromatic nitrogens is 1. The van der Waals surface area contributed by atoms with E-state index in [9.17, 15) is 9.90 Å². The Morgan fingerprint density at radius 3 is 2.67 bits per heavy atom. The van der Waals surface area contributed by atoms with E-state index in [1.807, 2.05) is 13.8 Å². The highest BCUT2D eigenvalue weighted by Gasteiger charge is 2.28. The first-order valence-corrected chi connectivity index (χ1v) is 6.20. The van der Waals surface area contributed by atoms with Crippen molar-refractivity contribution in [2.24, 2.45) is 0 Å². The summed E-state index contributed by atoms with van der Waals surface area (Å²) in [5.74, 6) is -0.377. The molecule has 1 aromatic heterocycles. The van der Waals surface area contributed by atoms with Crippen LogP contribution in [0.15, 0.2) is 12.3 Å². The molecule has 4 N–H and O–H groups in total. The number of carbonyl (C=O) groups is 1. The van der Waals surface area contributed by atoms with Crippen LogP contribution < -0.4 is 11.1 Å². The summed E-state index contributed by atoms with van der Waals surface area (Å²) in [6.45, 7) is 3.68. The molecule has 0 aliphatic heterocycles. The zero-order valence-electron chi connectivity index (χ0n) is 10.5. The molecule has 0 aliphatic rings. The number of hydrogen-bond donors (Lipinski definition) is 3. The number of pyridine rings is 1. The van der Waals surface area contributed by atoms with Gasteiger partial charge in [-0.25, -0.2) is 4.98 Å². The normalized spacial score (nSPS) is 11.3. The van der Waals surface area contributed by atoms with E-state index in [1.165, 1.54) is 12.3 Å². The van der Waals surface area contributed by atoms with Gasteiger partial charge < -0.3 is 16.2 Å². The maximum Gasteiger partial charge on any atom is 0.254 e. The van der Waals surface area contributed by atoms with Crippen LogP contribution >= 0.6 is 11.6 Å². The van der Waals surface area contributed by atoms with E-state index in [2.05, 4.69) is 10.3 Å². The minimum Gasteiger partial charge on any atom is -0.397 e. The SMILES string of the molecule is CCC(CC)(CO)NC(=O)c1cc(N)cnc1Cl. The van der Waals surface area contributed by atoms with E-state index in [4.69, 9.17) is 17.3 Å². The van der Waals surface area contributed by atoms with Crippen molar-refractivity contribution in [1.29, 1.82) is 0 Å². The van der Waals surface area contributed by atoms with Gasteiger partial charge in [-0.2, -0.15) is 0 Å². The summed E-state index contributed by atoms with van der Waals surface area (Å²) in [6.07, 6.45) is 2.64. The monoisotopic (exact) mass is 271 g/mol. The summed E-state index contributed by atoms with van der Waals surface area (Å²) >= 11 is 5.86. The Kier molecular flexibility index (Phi) is 4.93. The highest BCUT2D eigenvalue weighted by Crippen LogP contribution is 2.19. The summed E-state index contributed by atoms with van der Waals surface area (Å²) in [5, 5.41) is 12.3. The molecule has 6 heteroatoms. The molecule has 0 radical (unpaired) electrons. The van der Waals surface area contributed by atoms with Gasteiger partial charge in [0.1, 0.15) is 5.15 Å². The van der Waals surface area contributed by atoms with Crippen LogP contribution in [0, 0.1) is 0 Å². The van der Waals surface area contributed by atoms with Gasteiger partial charge in [0.05, 0.1) is 29.6 Å². The number of aliphatic hydroxyl groups excluding tert-OH is 1. The van der Waals surface area contributed by atoms with Gasteiger partial charge in [-0.05, 0) is 18.9 Å². The highest BCUT2D eigenvalue weighted by molar-refractivity contribution is 6.32. The molecule has 0 atom stereocenters. The molecule has 0 spiro atoms. The van der Waals surface area contributed by atoms with Gasteiger partial charge in [-0.15, -0.1) is 0 Å². The van der Waals surface area contributed by atoms with Crippen molar-refractivity contribution >= 4 is 23.2 Å². The number of halogens is 1. The molecule has 0 saturated heterocycles. The van der Waals surface area contributed by atoms with E-state index in [0.717, 1.165) is 0 Å². The van der Waals surface area contributed by atoms with Gasteiger partial charge in [0.15, 0.2) is 0 Å². The lowest BCUT2D eigenvalue weighted by molar-refractivity contribution is 0.0817. The molecule has 1 amide bonds. The Morgan fingerprint density at radius 2 is 2.17 bits per heavy atom.